The molecule has 154 valence electrons. The van der Waals surface area contributed by atoms with Crippen LogP contribution >= 0.6 is 11.8 Å². The fraction of sp³-hybridized carbons (Fsp3) is 0.190. The highest BCUT2D eigenvalue weighted by atomic mass is 32.2. The Labute approximate surface area is 174 Å². The van der Waals surface area contributed by atoms with Gasteiger partial charge in [-0.1, -0.05) is 30.3 Å². The van der Waals surface area contributed by atoms with Gasteiger partial charge in [0.25, 0.3) is 5.91 Å². The van der Waals surface area contributed by atoms with E-state index < -0.39 is 23.0 Å². The van der Waals surface area contributed by atoms with Gasteiger partial charge in [-0.05, 0) is 48.5 Å². The van der Waals surface area contributed by atoms with E-state index in [9.17, 15) is 22.8 Å². The molecule has 0 unspecified atom stereocenters. The van der Waals surface area contributed by atoms with Crippen molar-refractivity contribution >= 4 is 40.3 Å². The smallest absolute Gasteiger partial charge is 0.323 e. The predicted octanol–water partition coefficient (Wildman–Crippen LogP) is 4.90. The summed E-state index contributed by atoms with van der Waals surface area (Å²) in [5, 5.41) is 3.50. The highest BCUT2D eigenvalue weighted by Gasteiger charge is 2.49. The fourth-order valence-electron chi connectivity index (χ4n) is 3.57. The van der Waals surface area contributed by atoms with Gasteiger partial charge in [-0.25, -0.2) is 9.69 Å². The molecule has 4 rings (SSSR count). The molecule has 2 aromatic carbocycles. The van der Waals surface area contributed by atoms with Crippen LogP contribution in [-0.2, 0) is 11.2 Å². The van der Waals surface area contributed by atoms with Crippen LogP contribution in [0.1, 0.15) is 12.5 Å². The monoisotopic (exact) mass is 431 g/mol. The lowest BCUT2D eigenvalue weighted by Crippen LogP contribution is -2.46. The van der Waals surface area contributed by atoms with Crippen LogP contribution in [0, 0.1) is 0 Å². The Morgan fingerprint density at radius 2 is 1.77 bits per heavy atom. The maximum absolute atomic E-state index is 13.2. The van der Waals surface area contributed by atoms with E-state index >= 15 is 0 Å². The van der Waals surface area contributed by atoms with Crippen LogP contribution in [0.2, 0.25) is 0 Å². The Morgan fingerprint density at radius 3 is 2.53 bits per heavy atom. The molecule has 0 spiro atoms. The molecular weight excluding hydrogens is 415 g/mol. The minimum Gasteiger partial charge on any atom is -0.323 e. The van der Waals surface area contributed by atoms with Crippen LogP contribution in [0.3, 0.4) is 0 Å². The van der Waals surface area contributed by atoms with Gasteiger partial charge < -0.3 is 5.32 Å². The zero-order valence-corrected chi connectivity index (χ0v) is 16.6. The van der Waals surface area contributed by atoms with E-state index in [0.717, 1.165) is 21.4 Å². The average molecular weight is 431 g/mol. The van der Waals surface area contributed by atoms with Crippen LogP contribution in [-0.4, -0.2) is 28.0 Å². The number of hydrogen-bond donors (Lipinski definition) is 1. The van der Waals surface area contributed by atoms with Gasteiger partial charge >= 0.3 is 11.5 Å². The number of halogens is 3. The summed E-state index contributed by atoms with van der Waals surface area (Å²) in [4.78, 5) is 30.8. The average Bonchev–Trinajstić information content (AvgIpc) is 2.90. The Balaban J connectivity index is 1.69. The van der Waals surface area contributed by atoms with E-state index in [1.54, 1.807) is 19.2 Å². The number of imide groups is 1. The number of alkyl halides is 3. The van der Waals surface area contributed by atoms with Crippen molar-refractivity contribution in [3.05, 3.63) is 66.4 Å². The molecule has 0 radical (unpaired) electrons. The molecule has 1 N–H and O–H groups in total. The van der Waals surface area contributed by atoms with Gasteiger partial charge in [0.05, 0.1) is 11.2 Å². The number of pyridine rings is 1. The molecule has 1 saturated heterocycles. The number of rotatable bonds is 4. The lowest BCUT2D eigenvalue weighted by atomic mass is 9.91. The topological polar surface area (TPSA) is 62.3 Å². The molecule has 0 bridgehead atoms. The first-order valence-corrected chi connectivity index (χ1v) is 9.84. The highest BCUT2D eigenvalue weighted by Crippen LogP contribution is 2.43. The first kappa shape index (κ1) is 20.2. The molecule has 0 saturated carbocycles. The van der Waals surface area contributed by atoms with Crippen molar-refractivity contribution in [3.63, 3.8) is 0 Å². The maximum Gasteiger partial charge on any atom is 0.446 e. The summed E-state index contributed by atoms with van der Waals surface area (Å²) in [6.45, 7) is 1.57. The lowest BCUT2D eigenvalue weighted by molar-refractivity contribution is -0.121. The van der Waals surface area contributed by atoms with E-state index in [2.05, 4.69) is 10.3 Å². The minimum atomic E-state index is -4.55. The summed E-state index contributed by atoms with van der Waals surface area (Å²) in [6, 6.07) is 13.9. The Hall–Kier alpha value is -3.07. The van der Waals surface area contributed by atoms with Gasteiger partial charge in [0.15, 0.2) is 0 Å². The summed E-state index contributed by atoms with van der Waals surface area (Å²) in [6.07, 6.45) is 1.79. The standard InChI is InChI=1S/C21H16F3N3O2S/c1-20(12-13-10-11-25-15-7-3-2-6-14(13)15)18(28)27(19(29)26-20)16-8-4-5-9-17(16)30-21(22,23)24/h2-11H,12H2,1H3,(H,26,29)/t20-/m0/s1. The zero-order chi connectivity index (χ0) is 21.5. The molecule has 0 aliphatic carbocycles. The number of nitrogens with zero attached hydrogens (tertiary/aromatic N) is 2. The molecule has 3 amide bonds. The van der Waals surface area contributed by atoms with Crippen molar-refractivity contribution in [1.29, 1.82) is 0 Å². The van der Waals surface area contributed by atoms with Gasteiger partial charge in [-0.15, -0.1) is 0 Å². The summed E-state index contributed by atoms with van der Waals surface area (Å²) in [5.41, 5.74) is -4.40. The lowest BCUT2D eigenvalue weighted by Gasteiger charge is -2.23. The first-order valence-electron chi connectivity index (χ1n) is 9.02. The van der Waals surface area contributed by atoms with Crippen molar-refractivity contribution in [1.82, 2.24) is 10.3 Å². The molecule has 1 aliphatic heterocycles. The number of hydrogen-bond acceptors (Lipinski definition) is 4. The second-order valence-corrected chi connectivity index (χ2v) is 8.19. The zero-order valence-electron chi connectivity index (χ0n) is 15.7. The van der Waals surface area contributed by atoms with Crippen molar-refractivity contribution in [2.45, 2.75) is 29.3 Å². The third-order valence-corrected chi connectivity index (χ3v) is 5.67. The highest BCUT2D eigenvalue weighted by molar-refractivity contribution is 8.00. The van der Waals surface area contributed by atoms with Crippen LogP contribution in [0.25, 0.3) is 10.9 Å². The van der Waals surface area contributed by atoms with Crippen molar-refractivity contribution in [2.24, 2.45) is 0 Å². The fourth-order valence-corrected chi connectivity index (χ4v) is 4.23. The number of anilines is 1. The second-order valence-electron chi connectivity index (χ2n) is 7.08. The van der Waals surface area contributed by atoms with Crippen molar-refractivity contribution in [3.8, 4) is 0 Å². The van der Waals surface area contributed by atoms with E-state index in [0.29, 0.717) is 0 Å². The molecule has 1 aromatic heterocycles. The summed E-state index contributed by atoms with van der Waals surface area (Å²) in [7, 11) is 0. The number of amides is 3. The number of carbonyl (C=O) groups excluding carboxylic acids is 2. The first-order chi connectivity index (χ1) is 14.2. The van der Waals surface area contributed by atoms with Gasteiger partial charge in [0, 0.05) is 22.9 Å². The van der Waals surface area contributed by atoms with Crippen LogP contribution in [0.5, 0.6) is 0 Å². The Kier molecular flexibility index (Phi) is 4.93. The number of nitrogens with one attached hydrogen (secondary N) is 1. The number of aromatic nitrogens is 1. The molecule has 3 aromatic rings. The minimum absolute atomic E-state index is 0.0920. The van der Waals surface area contributed by atoms with Gasteiger partial charge in [-0.3, -0.25) is 9.78 Å². The number of fused-ring (bicyclic) bond motifs is 1. The number of para-hydroxylation sites is 2. The van der Waals surface area contributed by atoms with E-state index in [1.165, 1.54) is 24.3 Å². The number of urea groups is 1. The molecule has 1 atom stereocenters. The van der Waals surface area contributed by atoms with Crippen molar-refractivity contribution in [2.75, 3.05) is 4.90 Å². The quantitative estimate of drug-likeness (QED) is 0.471. The van der Waals surface area contributed by atoms with Crippen LogP contribution in [0.4, 0.5) is 23.7 Å². The van der Waals surface area contributed by atoms with E-state index in [1.807, 2.05) is 24.3 Å². The third kappa shape index (κ3) is 3.72. The summed E-state index contributed by atoms with van der Waals surface area (Å²) < 4.78 is 38.8. The van der Waals surface area contributed by atoms with Crippen LogP contribution in [0.15, 0.2) is 65.7 Å². The number of carbonyl (C=O) groups is 2. The van der Waals surface area contributed by atoms with E-state index in [-0.39, 0.29) is 28.8 Å². The Morgan fingerprint density at radius 1 is 1.07 bits per heavy atom. The Bertz CT molecular complexity index is 1150. The largest absolute Gasteiger partial charge is 0.446 e. The second kappa shape index (κ2) is 7.32. The van der Waals surface area contributed by atoms with Gasteiger partial charge in [0.1, 0.15) is 5.54 Å². The summed E-state index contributed by atoms with van der Waals surface area (Å²) in [5.74, 6) is -0.608. The number of thioether (sulfide) groups is 1. The summed E-state index contributed by atoms with van der Waals surface area (Å²) >= 11 is -0.358. The SMILES string of the molecule is C[C@@]1(Cc2ccnc3ccccc23)NC(=O)N(c2ccccc2SC(F)(F)F)C1=O. The molecular formula is C21H16F3N3O2S. The van der Waals surface area contributed by atoms with Gasteiger partial charge in [-0.2, -0.15) is 13.2 Å². The molecule has 30 heavy (non-hydrogen) atoms. The molecule has 5 nitrogen and oxygen atoms in total. The normalized spacial score (nSPS) is 19.4. The molecule has 1 aliphatic rings. The van der Waals surface area contributed by atoms with E-state index in [4.69, 9.17) is 0 Å². The maximum atomic E-state index is 13.2. The number of benzene rings is 2. The predicted molar refractivity (Wildman–Crippen MR) is 108 cm³/mol. The molecule has 9 heteroatoms. The van der Waals surface area contributed by atoms with Crippen molar-refractivity contribution < 1.29 is 22.8 Å². The van der Waals surface area contributed by atoms with Crippen LogP contribution < -0.4 is 10.2 Å². The molecule has 2 heterocycles. The third-order valence-electron chi connectivity index (χ3n) is 4.88. The molecule has 1 fully saturated rings. The van der Waals surface area contributed by atoms with Gasteiger partial charge in [0.2, 0.25) is 0 Å².